The van der Waals surface area contributed by atoms with Crippen molar-refractivity contribution >= 4 is 11.7 Å². The Balaban J connectivity index is 2.00. The molecule has 0 spiro atoms. The van der Waals surface area contributed by atoms with Gasteiger partial charge in [0.15, 0.2) is 5.82 Å². The second-order valence-electron chi connectivity index (χ2n) is 6.87. The van der Waals surface area contributed by atoms with Crippen molar-refractivity contribution in [2.75, 3.05) is 31.6 Å². The van der Waals surface area contributed by atoms with Gasteiger partial charge in [-0.2, -0.15) is 0 Å². The minimum atomic E-state index is 0.0714. The molecule has 1 amide bonds. The van der Waals surface area contributed by atoms with Crippen molar-refractivity contribution in [3.8, 4) is 11.4 Å². The lowest BCUT2D eigenvalue weighted by atomic mass is 10.0. The highest BCUT2D eigenvalue weighted by Crippen LogP contribution is 2.29. The summed E-state index contributed by atoms with van der Waals surface area (Å²) >= 11 is 0. The van der Waals surface area contributed by atoms with Crippen LogP contribution in [0.1, 0.15) is 32.0 Å². The van der Waals surface area contributed by atoms with E-state index in [0.29, 0.717) is 25.5 Å². The number of pyridine rings is 1. The molecule has 7 nitrogen and oxygen atoms in total. The number of anilines is 1. The fraction of sp³-hybridized carbons (Fsp3) is 0.500. The van der Waals surface area contributed by atoms with Crippen LogP contribution in [0.3, 0.4) is 0 Å². The van der Waals surface area contributed by atoms with Crippen molar-refractivity contribution in [3.05, 3.63) is 35.8 Å². The first-order valence-corrected chi connectivity index (χ1v) is 9.38. The number of fused-ring (bicyclic) bond motifs is 1. The minimum absolute atomic E-state index is 0.0714. The van der Waals surface area contributed by atoms with Gasteiger partial charge in [-0.25, -0.2) is 9.97 Å². The van der Waals surface area contributed by atoms with Crippen LogP contribution in [-0.2, 0) is 22.5 Å². The fourth-order valence-corrected chi connectivity index (χ4v) is 3.43. The molecule has 7 heteroatoms. The molecule has 2 aromatic rings. The van der Waals surface area contributed by atoms with E-state index < -0.39 is 0 Å². The molecule has 0 N–H and O–H groups in total. The zero-order valence-electron chi connectivity index (χ0n) is 16.5. The van der Waals surface area contributed by atoms with Crippen molar-refractivity contribution in [3.63, 3.8) is 0 Å². The van der Waals surface area contributed by atoms with Crippen molar-refractivity contribution in [1.29, 1.82) is 0 Å². The molecule has 2 aromatic heterocycles. The Morgan fingerprint density at radius 1 is 1.41 bits per heavy atom. The van der Waals surface area contributed by atoms with E-state index in [9.17, 15) is 4.79 Å². The van der Waals surface area contributed by atoms with Crippen molar-refractivity contribution < 1.29 is 9.53 Å². The van der Waals surface area contributed by atoms with Crippen molar-refractivity contribution in [2.24, 2.45) is 0 Å². The molecule has 0 fully saturated rings. The van der Waals surface area contributed by atoms with Crippen molar-refractivity contribution in [2.45, 2.75) is 39.8 Å². The van der Waals surface area contributed by atoms with Crippen LogP contribution in [0.4, 0.5) is 5.82 Å². The number of carbonyl (C=O) groups is 1. The molecule has 0 bridgehead atoms. The van der Waals surface area contributed by atoms with Gasteiger partial charge in [-0.3, -0.25) is 9.78 Å². The number of carbonyl (C=O) groups excluding carboxylic acids is 1. The van der Waals surface area contributed by atoms with E-state index in [-0.39, 0.29) is 12.0 Å². The summed E-state index contributed by atoms with van der Waals surface area (Å²) in [5.74, 6) is 1.62. The fourth-order valence-electron chi connectivity index (χ4n) is 3.43. The number of aromatic nitrogens is 3. The molecular formula is C20H27N5O2. The number of nitrogens with zero attached hydrogens (tertiary/aromatic N) is 5. The van der Waals surface area contributed by atoms with E-state index in [2.05, 4.69) is 16.8 Å². The first-order valence-electron chi connectivity index (χ1n) is 9.38. The third-order valence-electron chi connectivity index (χ3n) is 4.75. The van der Waals surface area contributed by atoms with Gasteiger partial charge in [-0.1, -0.05) is 0 Å². The van der Waals surface area contributed by atoms with Crippen LogP contribution in [0.2, 0.25) is 0 Å². The molecule has 0 saturated heterocycles. The smallest absolute Gasteiger partial charge is 0.219 e. The first-order chi connectivity index (χ1) is 13.0. The maximum absolute atomic E-state index is 11.8. The Bertz CT molecular complexity index is 796. The Labute approximate surface area is 160 Å². The van der Waals surface area contributed by atoms with Crippen molar-refractivity contribution in [1.82, 2.24) is 19.9 Å². The molecule has 27 heavy (non-hydrogen) atoms. The summed E-state index contributed by atoms with van der Waals surface area (Å²) in [7, 11) is 2.03. The van der Waals surface area contributed by atoms with E-state index in [1.807, 2.05) is 31.0 Å². The minimum Gasteiger partial charge on any atom is -0.377 e. The van der Waals surface area contributed by atoms with Gasteiger partial charge in [0.2, 0.25) is 5.91 Å². The van der Waals surface area contributed by atoms with Crippen LogP contribution >= 0.6 is 0 Å². The summed E-state index contributed by atoms with van der Waals surface area (Å²) in [6.45, 7) is 8.30. The molecule has 0 unspecified atom stereocenters. The van der Waals surface area contributed by atoms with E-state index in [4.69, 9.17) is 14.7 Å². The van der Waals surface area contributed by atoms with Gasteiger partial charge >= 0.3 is 0 Å². The highest BCUT2D eigenvalue weighted by molar-refractivity contribution is 5.74. The number of hydrogen-bond donors (Lipinski definition) is 0. The van der Waals surface area contributed by atoms with Gasteiger partial charge < -0.3 is 14.5 Å². The Morgan fingerprint density at radius 3 is 2.89 bits per heavy atom. The average molecular weight is 369 g/mol. The van der Waals surface area contributed by atoms with Crippen LogP contribution < -0.4 is 4.90 Å². The zero-order chi connectivity index (χ0) is 19.4. The molecule has 0 radical (unpaired) electrons. The lowest BCUT2D eigenvalue weighted by Crippen LogP contribution is -2.37. The zero-order valence-corrected chi connectivity index (χ0v) is 16.5. The largest absolute Gasteiger partial charge is 0.377 e. The standard InChI is InChI=1S/C20H27N5O2/c1-5-27-14(2)12-24(4)20-17-8-10-25(15(3)26)13-18(17)22-19(23-20)16-7-6-9-21-11-16/h6-7,9,11,14H,5,8,10,12-13H2,1-4H3/t14-/m1/s1. The number of ether oxygens (including phenoxy) is 1. The summed E-state index contributed by atoms with van der Waals surface area (Å²) in [5, 5.41) is 0. The SMILES string of the molecule is CCO[C@H](C)CN(C)c1nc(-c2cccnc2)nc2c1CCN(C(C)=O)C2. The predicted octanol–water partition coefficient (Wildman–Crippen LogP) is 2.30. The number of hydrogen-bond acceptors (Lipinski definition) is 6. The lowest BCUT2D eigenvalue weighted by molar-refractivity contribution is -0.129. The third-order valence-corrected chi connectivity index (χ3v) is 4.75. The normalized spacial score (nSPS) is 14.6. The highest BCUT2D eigenvalue weighted by atomic mass is 16.5. The Hall–Kier alpha value is -2.54. The van der Waals surface area contributed by atoms with Crippen LogP contribution in [-0.4, -0.2) is 58.6 Å². The molecule has 144 valence electrons. The van der Waals surface area contributed by atoms with E-state index in [1.165, 1.54) is 0 Å². The summed E-state index contributed by atoms with van der Waals surface area (Å²) in [6.07, 6.45) is 4.35. The topological polar surface area (TPSA) is 71.5 Å². The monoisotopic (exact) mass is 369 g/mol. The molecule has 1 aliphatic rings. The molecular weight excluding hydrogens is 342 g/mol. The Kier molecular flexibility index (Phi) is 6.01. The van der Waals surface area contributed by atoms with Gasteiger partial charge in [0.05, 0.1) is 18.3 Å². The molecule has 0 saturated carbocycles. The van der Waals surface area contributed by atoms with Gasteiger partial charge in [0.1, 0.15) is 5.82 Å². The number of likely N-dealkylation sites (N-methyl/N-ethyl adjacent to an activating group) is 1. The predicted molar refractivity (Wildman–Crippen MR) is 104 cm³/mol. The highest BCUT2D eigenvalue weighted by Gasteiger charge is 2.26. The van der Waals surface area contributed by atoms with Gasteiger partial charge in [0, 0.05) is 57.2 Å². The third kappa shape index (κ3) is 4.42. The second kappa shape index (κ2) is 8.43. The summed E-state index contributed by atoms with van der Waals surface area (Å²) in [5.41, 5.74) is 2.90. The molecule has 3 heterocycles. The van der Waals surface area contributed by atoms with Crippen LogP contribution in [0.5, 0.6) is 0 Å². The summed E-state index contributed by atoms with van der Waals surface area (Å²) < 4.78 is 5.69. The average Bonchev–Trinajstić information content (AvgIpc) is 2.67. The second-order valence-corrected chi connectivity index (χ2v) is 6.87. The van der Waals surface area contributed by atoms with Crippen LogP contribution in [0, 0.1) is 0 Å². The molecule has 0 aliphatic carbocycles. The van der Waals surface area contributed by atoms with Gasteiger partial charge in [-0.05, 0) is 32.4 Å². The van der Waals surface area contributed by atoms with E-state index >= 15 is 0 Å². The lowest BCUT2D eigenvalue weighted by Gasteiger charge is -2.31. The molecule has 0 aromatic carbocycles. The van der Waals surface area contributed by atoms with E-state index in [0.717, 1.165) is 35.6 Å². The summed E-state index contributed by atoms with van der Waals surface area (Å²) in [6, 6.07) is 3.83. The quantitative estimate of drug-likeness (QED) is 0.778. The molecule has 1 aliphatic heterocycles. The number of rotatable bonds is 6. The van der Waals surface area contributed by atoms with Crippen LogP contribution in [0.25, 0.3) is 11.4 Å². The van der Waals surface area contributed by atoms with Crippen LogP contribution in [0.15, 0.2) is 24.5 Å². The first kappa shape index (κ1) is 19.2. The van der Waals surface area contributed by atoms with E-state index in [1.54, 1.807) is 19.3 Å². The maximum Gasteiger partial charge on any atom is 0.219 e. The maximum atomic E-state index is 11.8. The molecule has 3 rings (SSSR count). The summed E-state index contributed by atoms with van der Waals surface area (Å²) in [4.78, 5) is 29.6. The molecule has 1 atom stereocenters. The van der Waals surface area contributed by atoms with Gasteiger partial charge in [-0.15, -0.1) is 0 Å². The number of amides is 1. The van der Waals surface area contributed by atoms with Gasteiger partial charge in [0.25, 0.3) is 0 Å². The Morgan fingerprint density at radius 2 is 2.22 bits per heavy atom.